The Bertz CT molecular complexity index is 942. The molecule has 0 spiro atoms. The van der Waals surface area contributed by atoms with E-state index < -0.39 is 11.1 Å². The van der Waals surface area contributed by atoms with Crippen LogP contribution in [0.25, 0.3) is 11.0 Å². The minimum Gasteiger partial charge on any atom is -0.348 e. The largest absolute Gasteiger partial charge is 0.348 e. The highest BCUT2D eigenvalue weighted by Gasteiger charge is 2.27. The number of amides is 1. The summed E-state index contributed by atoms with van der Waals surface area (Å²) in [6.45, 7) is 2.04. The van der Waals surface area contributed by atoms with Gasteiger partial charge in [-0.2, -0.15) is 0 Å². The van der Waals surface area contributed by atoms with E-state index in [2.05, 4.69) is 20.2 Å². The fourth-order valence-corrected chi connectivity index (χ4v) is 4.43. The van der Waals surface area contributed by atoms with Crippen molar-refractivity contribution in [1.82, 2.24) is 20.2 Å². The Hall–Kier alpha value is -2.41. The fourth-order valence-electron chi connectivity index (χ4n) is 4.43. The second-order valence-corrected chi connectivity index (χ2v) is 7.77. The molecule has 0 bridgehead atoms. The van der Waals surface area contributed by atoms with Crippen LogP contribution in [0.4, 0.5) is 0 Å². The Kier molecular flexibility index (Phi) is 5.11. The van der Waals surface area contributed by atoms with Crippen LogP contribution in [0.3, 0.4) is 0 Å². The number of carbonyl (C=O) groups is 1. The van der Waals surface area contributed by atoms with Gasteiger partial charge < -0.3 is 15.3 Å². The summed E-state index contributed by atoms with van der Waals surface area (Å²) in [5.74, 6) is -0.139. The minimum absolute atomic E-state index is 0.139. The van der Waals surface area contributed by atoms with E-state index in [0.29, 0.717) is 22.6 Å². The molecule has 1 aromatic carbocycles. The van der Waals surface area contributed by atoms with Gasteiger partial charge in [-0.1, -0.05) is 19.3 Å². The summed E-state index contributed by atoms with van der Waals surface area (Å²) >= 11 is 0. The number of aromatic amines is 2. The SMILES string of the molecule is O=C(N[C@H]1CCCN(C2CCCCC2)C1)c1ccc2[nH]c(=O)c(=O)[nH]c2c1. The Morgan fingerprint density at radius 2 is 1.70 bits per heavy atom. The summed E-state index contributed by atoms with van der Waals surface area (Å²) < 4.78 is 0. The van der Waals surface area contributed by atoms with Gasteiger partial charge in [-0.3, -0.25) is 19.3 Å². The smallest absolute Gasteiger partial charge is 0.314 e. The molecule has 1 aliphatic heterocycles. The molecule has 4 rings (SSSR count). The summed E-state index contributed by atoms with van der Waals surface area (Å²) in [5.41, 5.74) is 0.0529. The number of hydrogen-bond acceptors (Lipinski definition) is 4. The van der Waals surface area contributed by atoms with E-state index >= 15 is 0 Å². The number of likely N-dealkylation sites (tertiary alicyclic amines) is 1. The maximum atomic E-state index is 12.7. The van der Waals surface area contributed by atoms with Crippen LogP contribution in [-0.2, 0) is 0 Å². The van der Waals surface area contributed by atoms with E-state index in [4.69, 9.17) is 0 Å². The predicted octanol–water partition coefficient (Wildman–Crippen LogP) is 1.74. The first-order chi connectivity index (χ1) is 13.1. The molecular formula is C20H26N4O3. The van der Waals surface area contributed by atoms with Gasteiger partial charge in [0.05, 0.1) is 11.0 Å². The summed E-state index contributed by atoms with van der Waals surface area (Å²) in [5, 5.41) is 3.15. The molecule has 1 amide bonds. The molecule has 1 aromatic heterocycles. The zero-order chi connectivity index (χ0) is 18.8. The molecule has 1 aliphatic carbocycles. The lowest BCUT2D eigenvalue weighted by Gasteiger charge is -2.40. The first-order valence-electron chi connectivity index (χ1n) is 9.91. The van der Waals surface area contributed by atoms with E-state index in [1.54, 1.807) is 18.2 Å². The third-order valence-electron chi connectivity index (χ3n) is 5.86. The van der Waals surface area contributed by atoms with Crippen LogP contribution in [-0.4, -0.2) is 45.9 Å². The molecule has 2 fully saturated rings. The summed E-state index contributed by atoms with van der Waals surface area (Å²) in [4.78, 5) is 43.2. The van der Waals surface area contributed by atoms with E-state index in [1.165, 1.54) is 32.1 Å². The molecule has 7 heteroatoms. The van der Waals surface area contributed by atoms with Crippen molar-refractivity contribution < 1.29 is 4.79 Å². The maximum Gasteiger partial charge on any atom is 0.314 e. The number of rotatable bonds is 3. The van der Waals surface area contributed by atoms with Crippen LogP contribution in [0.5, 0.6) is 0 Å². The molecule has 7 nitrogen and oxygen atoms in total. The number of H-pyrrole nitrogens is 2. The number of nitrogens with zero attached hydrogens (tertiary/aromatic N) is 1. The molecule has 3 N–H and O–H groups in total. The molecule has 2 aromatic rings. The molecule has 0 unspecified atom stereocenters. The van der Waals surface area contributed by atoms with Gasteiger partial charge in [-0.15, -0.1) is 0 Å². The van der Waals surface area contributed by atoms with Crippen molar-refractivity contribution in [1.29, 1.82) is 0 Å². The summed E-state index contributed by atoms with van der Waals surface area (Å²) in [7, 11) is 0. The number of carbonyl (C=O) groups excluding carboxylic acids is 1. The van der Waals surface area contributed by atoms with E-state index in [1.807, 2.05) is 0 Å². The van der Waals surface area contributed by atoms with E-state index in [-0.39, 0.29) is 11.9 Å². The highest BCUT2D eigenvalue weighted by molar-refractivity contribution is 5.97. The van der Waals surface area contributed by atoms with E-state index in [0.717, 1.165) is 25.9 Å². The second-order valence-electron chi connectivity index (χ2n) is 7.77. The van der Waals surface area contributed by atoms with Gasteiger partial charge in [0.1, 0.15) is 0 Å². The molecule has 0 radical (unpaired) electrons. The Labute approximate surface area is 157 Å². The Morgan fingerprint density at radius 3 is 2.48 bits per heavy atom. The van der Waals surface area contributed by atoms with Crippen molar-refractivity contribution in [2.45, 2.75) is 57.0 Å². The number of nitrogens with one attached hydrogen (secondary N) is 3. The average Bonchev–Trinajstić information content (AvgIpc) is 2.69. The highest BCUT2D eigenvalue weighted by Crippen LogP contribution is 2.25. The van der Waals surface area contributed by atoms with Crippen LogP contribution >= 0.6 is 0 Å². The van der Waals surface area contributed by atoms with Crippen molar-refractivity contribution in [2.75, 3.05) is 13.1 Å². The third kappa shape index (κ3) is 3.98. The molecule has 1 atom stereocenters. The van der Waals surface area contributed by atoms with Gasteiger partial charge in [0.2, 0.25) is 0 Å². The first-order valence-corrected chi connectivity index (χ1v) is 9.91. The highest BCUT2D eigenvalue weighted by atomic mass is 16.2. The maximum absolute atomic E-state index is 12.7. The molecule has 2 heterocycles. The number of aromatic nitrogens is 2. The van der Waals surface area contributed by atoms with Crippen LogP contribution < -0.4 is 16.4 Å². The van der Waals surface area contributed by atoms with Gasteiger partial charge in [0.25, 0.3) is 5.91 Å². The molecule has 2 aliphatic rings. The molecule has 1 saturated heterocycles. The van der Waals surface area contributed by atoms with Crippen LogP contribution in [0.2, 0.25) is 0 Å². The third-order valence-corrected chi connectivity index (χ3v) is 5.86. The van der Waals surface area contributed by atoms with Crippen molar-refractivity contribution in [3.8, 4) is 0 Å². The topological polar surface area (TPSA) is 98.1 Å². The lowest BCUT2D eigenvalue weighted by molar-refractivity contribution is 0.0836. The predicted molar refractivity (Wildman–Crippen MR) is 104 cm³/mol. The molecule has 27 heavy (non-hydrogen) atoms. The minimum atomic E-state index is -0.713. The quantitative estimate of drug-likeness (QED) is 0.717. The van der Waals surface area contributed by atoms with Crippen LogP contribution in [0, 0.1) is 0 Å². The van der Waals surface area contributed by atoms with Crippen molar-refractivity contribution in [2.24, 2.45) is 0 Å². The number of fused-ring (bicyclic) bond motifs is 1. The number of benzene rings is 1. The summed E-state index contributed by atoms with van der Waals surface area (Å²) in [6.07, 6.45) is 8.62. The monoisotopic (exact) mass is 370 g/mol. The zero-order valence-electron chi connectivity index (χ0n) is 15.4. The molecular weight excluding hydrogens is 344 g/mol. The van der Waals surface area contributed by atoms with Gasteiger partial charge >= 0.3 is 11.1 Å². The lowest BCUT2D eigenvalue weighted by atomic mass is 9.92. The summed E-state index contributed by atoms with van der Waals surface area (Å²) in [6, 6.07) is 5.76. The van der Waals surface area contributed by atoms with Gasteiger partial charge in [0, 0.05) is 24.2 Å². The van der Waals surface area contributed by atoms with Gasteiger partial charge in [0.15, 0.2) is 0 Å². The zero-order valence-corrected chi connectivity index (χ0v) is 15.4. The van der Waals surface area contributed by atoms with Crippen molar-refractivity contribution >= 4 is 16.9 Å². The van der Waals surface area contributed by atoms with E-state index in [9.17, 15) is 14.4 Å². The van der Waals surface area contributed by atoms with Gasteiger partial charge in [-0.25, -0.2) is 0 Å². The fraction of sp³-hybridized carbons (Fsp3) is 0.550. The molecule has 1 saturated carbocycles. The van der Waals surface area contributed by atoms with Crippen molar-refractivity contribution in [3.63, 3.8) is 0 Å². The van der Waals surface area contributed by atoms with Crippen LogP contribution in [0.1, 0.15) is 55.3 Å². The first kappa shape index (κ1) is 18.0. The number of piperidine rings is 1. The average molecular weight is 370 g/mol. The Balaban J connectivity index is 1.45. The standard InChI is InChI=1S/C20H26N4O3/c25-18(13-8-9-16-17(11-13)23-20(27)19(26)22-16)21-14-5-4-10-24(12-14)15-6-2-1-3-7-15/h8-9,11,14-15H,1-7,10,12H2,(H,21,25)(H,22,26)(H,23,27)/t14-/m0/s1. The normalized spacial score (nSPS) is 22.0. The lowest BCUT2D eigenvalue weighted by Crippen LogP contribution is -2.51. The number of hydrogen-bond donors (Lipinski definition) is 3. The van der Waals surface area contributed by atoms with Crippen molar-refractivity contribution in [3.05, 3.63) is 44.5 Å². The van der Waals surface area contributed by atoms with Gasteiger partial charge in [-0.05, 0) is 50.4 Å². The second kappa shape index (κ2) is 7.68. The molecule has 144 valence electrons. The van der Waals surface area contributed by atoms with Crippen LogP contribution in [0.15, 0.2) is 27.8 Å². The Morgan fingerprint density at radius 1 is 0.963 bits per heavy atom.